The molecule has 1 heterocycles. The highest BCUT2D eigenvalue weighted by Gasteiger charge is 2.24. The number of anilines is 1. The molecular weight excluding hydrogens is 274 g/mol. The second-order valence-corrected chi connectivity index (χ2v) is 7.55. The Morgan fingerprint density at radius 1 is 1.30 bits per heavy atom. The molecule has 0 bridgehead atoms. The maximum absolute atomic E-state index is 11.5. The van der Waals surface area contributed by atoms with Crippen LogP contribution < -0.4 is 10.0 Å². The third-order valence-corrected chi connectivity index (χ3v) is 5.63. The van der Waals surface area contributed by atoms with Gasteiger partial charge in [-0.15, -0.1) is 0 Å². The highest BCUT2D eigenvalue weighted by molar-refractivity contribution is 7.89. The number of aryl methyl sites for hydroxylation is 1. The van der Waals surface area contributed by atoms with Gasteiger partial charge in [-0.25, -0.2) is 13.1 Å². The maximum atomic E-state index is 11.5. The molecule has 0 aromatic carbocycles. The predicted molar refractivity (Wildman–Crippen MR) is 82.3 cm³/mol. The van der Waals surface area contributed by atoms with Crippen molar-refractivity contribution in [3.05, 3.63) is 18.5 Å². The van der Waals surface area contributed by atoms with Crippen LogP contribution in [0.15, 0.2) is 18.5 Å². The molecular formula is C14H25N3O2S. The van der Waals surface area contributed by atoms with E-state index in [1.807, 2.05) is 0 Å². The van der Waals surface area contributed by atoms with Crippen LogP contribution in [-0.2, 0) is 16.6 Å². The van der Waals surface area contributed by atoms with E-state index in [9.17, 15) is 8.42 Å². The van der Waals surface area contributed by atoms with Crippen molar-refractivity contribution in [3.8, 4) is 0 Å². The predicted octanol–water partition coefficient (Wildman–Crippen LogP) is 2.03. The second kappa shape index (κ2) is 6.63. The van der Waals surface area contributed by atoms with Crippen LogP contribution >= 0.6 is 0 Å². The van der Waals surface area contributed by atoms with E-state index in [0.29, 0.717) is 12.0 Å². The lowest BCUT2D eigenvalue weighted by atomic mass is 9.87. The first-order valence-electron chi connectivity index (χ1n) is 7.36. The number of sulfonamides is 1. The van der Waals surface area contributed by atoms with E-state index in [-0.39, 0.29) is 5.75 Å². The quantitative estimate of drug-likeness (QED) is 0.845. The Balaban J connectivity index is 1.79. The molecule has 114 valence electrons. The fourth-order valence-electron chi connectivity index (χ4n) is 2.83. The van der Waals surface area contributed by atoms with E-state index in [0.717, 1.165) is 37.9 Å². The van der Waals surface area contributed by atoms with Gasteiger partial charge >= 0.3 is 0 Å². The van der Waals surface area contributed by atoms with Gasteiger partial charge < -0.3 is 9.88 Å². The van der Waals surface area contributed by atoms with Crippen molar-refractivity contribution < 1.29 is 8.42 Å². The van der Waals surface area contributed by atoms with Gasteiger partial charge in [0, 0.05) is 25.0 Å². The van der Waals surface area contributed by atoms with Crippen LogP contribution in [0.3, 0.4) is 0 Å². The standard InChI is InChI=1S/C14H25N3O2S/c1-3-17-9-8-14(10-17)16-13-6-4-12(5-7-13)11-20(18,19)15-2/h8-10,12-13,15-16H,3-7,11H2,1-2H3. The lowest BCUT2D eigenvalue weighted by molar-refractivity contribution is 0.361. The fraction of sp³-hybridized carbons (Fsp3) is 0.714. The van der Waals surface area contributed by atoms with Crippen LogP contribution in [0.4, 0.5) is 5.69 Å². The van der Waals surface area contributed by atoms with Crippen LogP contribution in [-0.4, -0.2) is 31.8 Å². The first-order chi connectivity index (χ1) is 9.52. The Bertz CT molecular complexity index is 516. The summed E-state index contributed by atoms with van der Waals surface area (Å²) in [6, 6.07) is 2.57. The van der Waals surface area contributed by atoms with Gasteiger partial charge in [0.15, 0.2) is 0 Å². The molecule has 2 rings (SSSR count). The minimum absolute atomic E-state index is 0.266. The van der Waals surface area contributed by atoms with Crippen molar-refractivity contribution in [2.45, 2.75) is 45.2 Å². The average Bonchev–Trinajstić information content (AvgIpc) is 2.88. The van der Waals surface area contributed by atoms with Gasteiger partial charge in [0.25, 0.3) is 0 Å². The SMILES string of the molecule is CCn1ccc(NC2CCC(CS(=O)(=O)NC)CC2)c1. The topological polar surface area (TPSA) is 63.1 Å². The van der Waals surface area contributed by atoms with Gasteiger partial charge in [-0.2, -0.15) is 0 Å². The first kappa shape index (κ1) is 15.4. The molecule has 0 saturated heterocycles. The molecule has 5 nitrogen and oxygen atoms in total. The van der Waals surface area contributed by atoms with Crippen LogP contribution in [0.1, 0.15) is 32.6 Å². The fourth-order valence-corrected chi connectivity index (χ4v) is 3.95. The monoisotopic (exact) mass is 299 g/mol. The van der Waals surface area contributed by atoms with Crippen molar-refractivity contribution in [2.24, 2.45) is 5.92 Å². The van der Waals surface area contributed by atoms with Gasteiger partial charge in [-0.05, 0) is 51.6 Å². The van der Waals surface area contributed by atoms with Crippen molar-refractivity contribution in [2.75, 3.05) is 18.1 Å². The number of rotatable bonds is 6. The molecule has 1 aliphatic carbocycles. The molecule has 1 aromatic rings. The van der Waals surface area contributed by atoms with Crippen LogP contribution in [0.2, 0.25) is 0 Å². The van der Waals surface area contributed by atoms with Gasteiger partial charge in [0.2, 0.25) is 10.0 Å². The van der Waals surface area contributed by atoms with Gasteiger partial charge in [-0.3, -0.25) is 0 Å². The molecule has 0 unspecified atom stereocenters. The molecule has 0 aliphatic heterocycles. The lowest BCUT2D eigenvalue weighted by Crippen LogP contribution is -2.32. The summed E-state index contributed by atoms with van der Waals surface area (Å²) in [5.74, 6) is 0.563. The summed E-state index contributed by atoms with van der Waals surface area (Å²) in [7, 11) is -1.58. The second-order valence-electron chi connectivity index (χ2n) is 5.58. The van der Waals surface area contributed by atoms with E-state index in [2.05, 4.69) is 40.0 Å². The van der Waals surface area contributed by atoms with E-state index < -0.39 is 10.0 Å². The molecule has 0 spiro atoms. The molecule has 0 radical (unpaired) electrons. The highest BCUT2D eigenvalue weighted by Crippen LogP contribution is 2.27. The average molecular weight is 299 g/mol. The molecule has 6 heteroatoms. The minimum atomic E-state index is -3.07. The van der Waals surface area contributed by atoms with Gasteiger partial charge in [0.1, 0.15) is 0 Å². The molecule has 0 atom stereocenters. The zero-order valence-corrected chi connectivity index (χ0v) is 13.1. The number of nitrogens with one attached hydrogen (secondary N) is 2. The normalized spacial score (nSPS) is 23.7. The zero-order chi connectivity index (χ0) is 14.6. The smallest absolute Gasteiger partial charge is 0.211 e. The minimum Gasteiger partial charge on any atom is -0.381 e. The molecule has 20 heavy (non-hydrogen) atoms. The Morgan fingerprint density at radius 2 is 2.00 bits per heavy atom. The molecule has 1 fully saturated rings. The zero-order valence-electron chi connectivity index (χ0n) is 12.3. The summed E-state index contributed by atoms with van der Waals surface area (Å²) in [5, 5.41) is 3.55. The van der Waals surface area contributed by atoms with Crippen molar-refractivity contribution >= 4 is 15.7 Å². The number of aromatic nitrogens is 1. The van der Waals surface area contributed by atoms with Crippen molar-refractivity contribution in [3.63, 3.8) is 0 Å². The summed E-state index contributed by atoms with van der Waals surface area (Å²) in [6.45, 7) is 3.10. The molecule has 0 amide bonds. The molecule has 1 aromatic heterocycles. The Labute approximate surface area is 121 Å². The summed E-state index contributed by atoms with van der Waals surface area (Å²) < 4.78 is 27.6. The third kappa shape index (κ3) is 4.24. The number of hydrogen-bond acceptors (Lipinski definition) is 3. The number of hydrogen-bond donors (Lipinski definition) is 2. The van der Waals surface area contributed by atoms with Gasteiger partial charge in [0.05, 0.1) is 11.4 Å². The molecule has 1 aliphatic rings. The van der Waals surface area contributed by atoms with E-state index >= 15 is 0 Å². The van der Waals surface area contributed by atoms with Crippen LogP contribution in [0, 0.1) is 5.92 Å². The van der Waals surface area contributed by atoms with Crippen LogP contribution in [0.5, 0.6) is 0 Å². The van der Waals surface area contributed by atoms with Crippen molar-refractivity contribution in [1.29, 1.82) is 0 Å². The summed E-state index contributed by atoms with van der Waals surface area (Å²) in [6.07, 6.45) is 8.24. The van der Waals surface area contributed by atoms with Crippen molar-refractivity contribution in [1.82, 2.24) is 9.29 Å². The van der Waals surface area contributed by atoms with Gasteiger partial charge in [-0.1, -0.05) is 0 Å². The Hall–Kier alpha value is -1.01. The summed E-state index contributed by atoms with van der Waals surface area (Å²) in [4.78, 5) is 0. The summed E-state index contributed by atoms with van der Waals surface area (Å²) >= 11 is 0. The van der Waals surface area contributed by atoms with E-state index in [4.69, 9.17) is 0 Å². The Kier molecular flexibility index (Phi) is 5.10. The highest BCUT2D eigenvalue weighted by atomic mass is 32.2. The van der Waals surface area contributed by atoms with E-state index in [1.54, 1.807) is 0 Å². The van der Waals surface area contributed by atoms with E-state index in [1.165, 1.54) is 7.05 Å². The maximum Gasteiger partial charge on any atom is 0.211 e. The lowest BCUT2D eigenvalue weighted by Gasteiger charge is -2.29. The van der Waals surface area contributed by atoms with Crippen LogP contribution in [0.25, 0.3) is 0 Å². The molecule has 1 saturated carbocycles. The first-order valence-corrected chi connectivity index (χ1v) is 9.01. The third-order valence-electron chi connectivity index (χ3n) is 4.10. The molecule has 2 N–H and O–H groups in total. The summed E-state index contributed by atoms with van der Waals surface area (Å²) in [5.41, 5.74) is 1.16. The number of nitrogens with zero attached hydrogens (tertiary/aromatic N) is 1. The Morgan fingerprint density at radius 3 is 2.55 bits per heavy atom. The largest absolute Gasteiger partial charge is 0.381 e.